The van der Waals surface area contributed by atoms with Crippen LogP contribution < -0.4 is 5.32 Å². The standard InChI is InChI=1S/C13H14N4O3/c1-17-7-8(5-12(17)18)14-13(19)10-6-9(15-16-10)11-3-2-4-20-11/h2-4,6,8H,5,7H2,1H3,(H,14,19)(H,15,16)/t8-/m1/s1. The van der Waals surface area contributed by atoms with Crippen LogP contribution in [0.4, 0.5) is 0 Å². The first kappa shape index (κ1) is 12.5. The van der Waals surface area contributed by atoms with Crippen molar-refractivity contribution in [2.75, 3.05) is 13.6 Å². The molecule has 0 bridgehead atoms. The van der Waals surface area contributed by atoms with E-state index >= 15 is 0 Å². The molecule has 3 heterocycles. The van der Waals surface area contributed by atoms with Crippen molar-refractivity contribution in [2.45, 2.75) is 12.5 Å². The predicted molar refractivity (Wildman–Crippen MR) is 69.8 cm³/mol. The Kier molecular flexibility index (Phi) is 3.02. The van der Waals surface area contributed by atoms with Crippen molar-refractivity contribution in [1.29, 1.82) is 0 Å². The van der Waals surface area contributed by atoms with Crippen LogP contribution >= 0.6 is 0 Å². The van der Waals surface area contributed by atoms with Crippen molar-refractivity contribution in [1.82, 2.24) is 20.4 Å². The number of amides is 2. The zero-order valence-corrected chi connectivity index (χ0v) is 10.9. The SMILES string of the molecule is CN1C[C@H](NC(=O)c2cc(-c3ccco3)[nH]n2)CC1=O. The van der Waals surface area contributed by atoms with Crippen LogP contribution in [-0.4, -0.2) is 46.5 Å². The predicted octanol–water partition coefficient (Wildman–Crippen LogP) is 0.630. The Morgan fingerprint density at radius 3 is 3.10 bits per heavy atom. The smallest absolute Gasteiger partial charge is 0.272 e. The number of likely N-dealkylation sites (tertiary alicyclic amines) is 1. The number of rotatable bonds is 3. The molecule has 7 nitrogen and oxygen atoms in total. The molecule has 0 aliphatic carbocycles. The van der Waals surface area contributed by atoms with Crippen molar-refractivity contribution in [2.24, 2.45) is 0 Å². The van der Waals surface area contributed by atoms with Crippen LogP contribution in [-0.2, 0) is 4.79 Å². The number of aromatic amines is 1. The van der Waals surface area contributed by atoms with Crippen LogP contribution in [0.2, 0.25) is 0 Å². The molecule has 2 aromatic heterocycles. The summed E-state index contributed by atoms with van der Waals surface area (Å²) in [5, 5.41) is 9.51. The maximum atomic E-state index is 12.0. The number of nitrogens with zero attached hydrogens (tertiary/aromatic N) is 2. The van der Waals surface area contributed by atoms with Gasteiger partial charge in [0.15, 0.2) is 11.5 Å². The van der Waals surface area contributed by atoms with Crippen molar-refractivity contribution in [3.63, 3.8) is 0 Å². The van der Waals surface area contributed by atoms with Gasteiger partial charge in [0.25, 0.3) is 5.91 Å². The summed E-state index contributed by atoms with van der Waals surface area (Å²) in [6, 6.07) is 4.99. The Bertz CT molecular complexity index is 632. The number of likely N-dealkylation sites (N-methyl/N-ethyl adjacent to an activating group) is 1. The fraction of sp³-hybridized carbons (Fsp3) is 0.308. The van der Waals surface area contributed by atoms with Crippen LogP contribution in [0.25, 0.3) is 11.5 Å². The zero-order valence-electron chi connectivity index (χ0n) is 10.9. The molecule has 2 amide bonds. The first-order valence-electron chi connectivity index (χ1n) is 6.27. The number of hydrogen-bond donors (Lipinski definition) is 2. The van der Waals surface area contributed by atoms with Gasteiger partial charge >= 0.3 is 0 Å². The summed E-state index contributed by atoms with van der Waals surface area (Å²) >= 11 is 0. The van der Waals surface area contributed by atoms with Gasteiger partial charge in [-0.15, -0.1) is 0 Å². The molecule has 0 aromatic carbocycles. The molecule has 2 N–H and O–H groups in total. The average molecular weight is 274 g/mol. The van der Waals surface area contributed by atoms with Gasteiger partial charge in [0.2, 0.25) is 5.91 Å². The second kappa shape index (κ2) is 4.84. The van der Waals surface area contributed by atoms with Crippen LogP contribution in [0, 0.1) is 0 Å². The third kappa shape index (κ3) is 2.29. The monoisotopic (exact) mass is 274 g/mol. The van der Waals surface area contributed by atoms with E-state index in [1.165, 1.54) is 0 Å². The van der Waals surface area contributed by atoms with Crippen molar-refractivity contribution in [3.8, 4) is 11.5 Å². The molecule has 1 fully saturated rings. The number of carbonyl (C=O) groups is 2. The molecule has 3 rings (SSSR count). The largest absolute Gasteiger partial charge is 0.463 e. The van der Waals surface area contributed by atoms with E-state index in [9.17, 15) is 9.59 Å². The Morgan fingerprint density at radius 1 is 1.60 bits per heavy atom. The number of hydrogen-bond acceptors (Lipinski definition) is 4. The molecule has 1 saturated heterocycles. The lowest BCUT2D eigenvalue weighted by atomic mass is 10.2. The summed E-state index contributed by atoms with van der Waals surface area (Å²) in [4.78, 5) is 25.0. The van der Waals surface area contributed by atoms with Gasteiger partial charge in [-0.3, -0.25) is 14.7 Å². The minimum atomic E-state index is -0.299. The highest BCUT2D eigenvalue weighted by atomic mass is 16.3. The van der Waals surface area contributed by atoms with Gasteiger partial charge in [0.1, 0.15) is 5.69 Å². The van der Waals surface area contributed by atoms with Gasteiger partial charge in [0.05, 0.1) is 12.3 Å². The average Bonchev–Trinajstić information content (AvgIpc) is 3.12. The number of furan rings is 1. The summed E-state index contributed by atoms with van der Waals surface area (Å²) in [6.07, 6.45) is 1.88. The summed E-state index contributed by atoms with van der Waals surface area (Å²) in [5.74, 6) is 0.355. The fourth-order valence-electron chi connectivity index (χ4n) is 2.22. The van der Waals surface area contributed by atoms with Gasteiger partial charge < -0.3 is 14.6 Å². The Balaban J connectivity index is 1.68. The molecular formula is C13H14N4O3. The van der Waals surface area contributed by atoms with E-state index in [4.69, 9.17) is 4.42 Å². The lowest BCUT2D eigenvalue weighted by molar-refractivity contribution is -0.126. The van der Waals surface area contributed by atoms with Crippen LogP contribution in [0.15, 0.2) is 28.9 Å². The van der Waals surface area contributed by atoms with Gasteiger partial charge in [-0.05, 0) is 12.1 Å². The minimum absolute atomic E-state index is 0.0357. The van der Waals surface area contributed by atoms with Crippen LogP contribution in [0.1, 0.15) is 16.9 Å². The van der Waals surface area contributed by atoms with E-state index in [1.807, 2.05) is 0 Å². The van der Waals surface area contributed by atoms with E-state index in [0.29, 0.717) is 24.4 Å². The fourth-order valence-corrected chi connectivity index (χ4v) is 2.22. The Hall–Kier alpha value is -2.57. The molecule has 1 aliphatic heterocycles. The number of nitrogens with one attached hydrogen (secondary N) is 2. The zero-order chi connectivity index (χ0) is 14.1. The van der Waals surface area contributed by atoms with E-state index in [0.717, 1.165) is 0 Å². The first-order valence-corrected chi connectivity index (χ1v) is 6.27. The quantitative estimate of drug-likeness (QED) is 0.858. The molecule has 1 aliphatic rings. The molecular weight excluding hydrogens is 260 g/mol. The molecule has 0 saturated carbocycles. The van der Waals surface area contributed by atoms with Gasteiger partial charge in [0, 0.05) is 26.1 Å². The van der Waals surface area contributed by atoms with Crippen LogP contribution in [0.3, 0.4) is 0 Å². The minimum Gasteiger partial charge on any atom is -0.463 e. The van der Waals surface area contributed by atoms with Crippen molar-refractivity contribution >= 4 is 11.8 Å². The van der Waals surface area contributed by atoms with E-state index in [1.54, 1.807) is 36.4 Å². The molecule has 0 unspecified atom stereocenters. The second-order valence-corrected chi connectivity index (χ2v) is 4.79. The number of aromatic nitrogens is 2. The van der Waals surface area contributed by atoms with Gasteiger partial charge in [-0.1, -0.05) is 0 Å². The molecule has 20 heavy (non-hydrogen) atoms. The third-order valence-corrected chi connectivity index (χ3v) is 3.27. The van der Waals surface area contributed by atoms with Crippen molar-refractivity contribution < 1.29 is 14.0 Å². The molecule has 0 spiro atoms. The molecule has 2 aromatic rings. The molecule has 1 atom stereocenters. The normalized spacial score (nSPS) is 18.6. The second-order valence-electron chi connectivity index (χ2n) is 4.79. The van der Waals surface area contributed by atoms with E-state index in [2.05, 4.69) is 15.5 Å². The summed E-state index contributed by atoms with van der Waals surface area (Å²) < 4.78 is 5.22. The maximum absolute atomic E-state index is 12.0. The lowest BCUT2D eigenvalue weighted by Crippen LogP contribution is -2.36. The van der Waals surface area contributed by atoms with Gasteiger partial charge in [-0.2, -0.15) is 5.10 Å². The first-order chi connectivity index (χ1) is 9.63. The topological polar surface area (TPSA) is 91.2 Å². The Labute approximate surface area is 114 Å². The highest BCUT2D eigenvalue weighted by Crippen LogP contribution is 2.18. The van der Waals surface area contributed by atoms with E-state index < -0.39 is 0 Å². The van der Waals surface area contributed by atoms with E-state index in [-0.39, 0.29) is 23.6 Å². The molecule has 0 radical (unpaired) electrons. The maximum Gasteiger partial charge on any atom is 0.272 e. The Morgan fingerprint density at radius 2 is 2.45 bits per heavy atom. The van der Waals surface area contributed by atoms with Gasteiger partial charge in [-0.25, -0.2) is 0 Å². The number of H-pyrrole nitrogens is 1. The summed E-state index contributed by atoms with van der Waals surface area (Å²) in [6.45, 7) is 0.528. The summed E-state index contributed by atoms with van der Waals surface area (Å²) in [5.41, 5.74) is 0.915. The van der Waals surface area contributed by atoms with Crippen molar-refractivity contribution in [3.05, 3.63) is 30.2 Å². The summed E-state index contributed by atoms with van der Waals surface area (Å²) in [7, 11) is 1.72. The molecule has 7 heteroatoms. The number of carbonyl (C=O) groups excluding carboxylic acids is 2. The third-order valence-electron chi connectivity index (χ3n) is 3.27. The molecule has 104 valence electrons. The lowest BCUT2D eigenvalue weighted by Gasteiger charge is -2.10. The highest BCUT2D eigenvalue weighted by Gasteiger charge is 2.28. The highest BCUT2D eigenvalue weighted by molar-refractivity contribution is 5.94. The van der Waals surface area contributed by atoms with Crippen LogP contribution in [0.5, 0.6) is 0 Å².